The molecule has 118 valence electrons. The van der Waals surface area contributed by atoms with E-state index >= 15 is 0 Å². The lowest BCUT2D eigenvalue weighted by Crippen LogP contribution is -2.19. The van der Waals surface area contributed by atoms with Gasteiger partial charge in [0.05, 0.1) is 23.5 Å². The van der Waals surface area contributed by atoms with Gasteiger partial charge in [0.15, 0.2) is 0 Å². The van der Waals surface area contributed by atoms with Gasteiger partial charge in [-0.1, -0.05) is 6.58 Å². The Bertz CT molecular complexity index is 457. The van der Waals surface area contributed by atoms with Gasteiger partial charge in [0.2, 0.25) is 0 Å². The van der Waals surface area contributed by atoms with Gasteiger partial charge in [-0.25, -0.2) is 4.79 Å². The van der Waals surface area contributed by atoms with Gasteiger partial charge < -0.3 is 14.6 Å². The first kappa shape index (κ1) is 17.2. The molecule has 2 aliphatic carbocycles. The SMILES string of the molecule is C=C(COC(=O)C1(C)CC1)C(=O)OC.CC1(C(=O)O)CC1. The summed E-state index contributed by atoms with van der Waals surface area (Å²) in [5.74, 6) is -1.45. The van der Waals surface area contributed by atoms with E-state index in [1.54, 1.807) is 6.92 Å². The number of carbonyl (C=O) groups is 3. The molecule has 2 aliphatic rings. The second-order valence-electron chi connectivity index (χ2n) is 6.10. The highest BCUT2D eigenvalue weighted by atomic mass is 16.5. The highest BCUT2D eigenvalue weighted by Gasteiger charge is 2.46. The van der Waals surface area contributed by atoms with Crippen molar-refractivity contribution in [3.8, 4) is 0 Å². The smallest absolute Gasteiger partial charge is 0.336 e. The fourth-order valence-corrected chi connectivity index (χ4v) is 1.32. The van der Waals surface area contributed by atoms with Crippen molar-refractivity contribution in [2.45, 2.75) is 39.5 Å². The number of esters is 2. The van der Waals surface area contributed by atoms with Gasteiger partial charge >= 0.3 is 17.9 Å². The molecule has 6 nitrogen and oxygen atoms in total. The molecule has 0 heterocycles. The number of ether oxygens (including phenoxy) is 2. The van der Waals surface area contributed by atoms with Gasteiger partial charge in [-0.05, 0) is 39.5 Å². The van der Waals surface area contributed by atoms with Crippen LogP contribution in [0.25, 0.3) is 0 Å². The van der Waals surface area contributed by atoms with Gasteiger partial charge in [-0.2, -0.15) is 0 Å². The third kappa shape index (κ3) is 4.88. The molecule has 2 saturated carbocycles. The van der Waals surface area contributed by atoms with Crippen LogP contribution in [0.15, 0.2) is 12.2 Å². The first-order valence-electron chi connectivity index (χ1n) is 6.81. The minimum atomic E-state index is -0.646. The van der Waals surface area contributed by atoms with Crippen molar-refractivity contribution >= 4 is 17.9 Å². The number of rotatable bonds is 5. The van der Waals surface area contributed by atoms with Crippen LogP contribution >= 0.6 is 0 Å². The van der Waals surface area contributed by atoms with Crippen LogP contribution in [0.5, 0.6) is 0 Å². The quantitative estimate of drug-likeness (QED) is 0.616. The Morgan fingerprint density at radius 2 is 1.57 bits per heavy atom. The summed E-state index contributed by atoms with van der Waals surface area (Å²) in [6.45, 7) is 6.98. The van der Waals surface area contributed by atoms with Gasteiger partial charge in [-0.15, -0.1) is 0 Å². The van der Waals surface area contributed by atoms with Crippen LogP contribution in [0, 0.1) is 10.8 Å². The first-order valence-corrected chi connectivity index (χ1v) is 6.81. The molecule has 2 rings (SSSR count). The largest absolute Gasteiger partial charge is 0.481 e. The third-order valence-corrected chi connectivity index (χ3v) is 3.86. The maximum atomic E-state index is 11.3. The number of carboxylic acid groups (broad SMARTS) is 1. The monoisotopic (exact) mass is 298 g/mol. The van der Waals surface area contributed by atoms with Crippen LogP contribution in [0.2, 0.25) is 0 Å². The van der Waals surface area contributed by atoms with E-state index in [1.807, 2.05) is 6.92 Å². The summed E-state index contributed by atoms with van der Waals surface area (Å²) in [7, 11) is 1.26. The van der Waals surface area contributed by atoms with Crippen molar-refractivity contribution < 1.29 is 29.0 Å². The molecule has 0 saturated heterocycles. The standard InChI is InChI=1S/C10H14O4.C5H8O2/c1-7(8(11)13-3)6-14-9(12)10(2)4-5-10;1-5(2-3-5)4(6)7/h1,4-6H2,2-3H3;2-3H2,1H3,(H,6,7). The Labute approximate surface area is 124 Å². The van der Waals surface area contributed by atoms with Crippen molar-refractivity contribution in [2.75, 3.05) is 13.7 Å². The van der Waals surface area contributed by atoms with Gasteiger partial charge in [-0.3, -0.25) is 9.59 Å². The molecular weight excluding hydrogens is 276 g/mol. The Balaban J connectivity index is 0.000000262. The highest BCUT2D eigenvalue weighted by molar-refractivity contribution is 5.88. The maximum absolute atomic E-state index is 11.3. The second kappa shape index (κ2) is 6.28. The molecule has 1 N–H and O–H groups in total. The molecule has 0 aliphatic heterocycles. The molecule has 6 heteroatoms. The lowest BCUT2D eigenvalue weighted by molar-refractivity contribution is -0.149. The van der Waals surface area contributed by atoms with E-state index in [4.69, 9.17) is 9.84 Å². The van der Waals surface area contributed by atoms with Crippen molar-refractivity contribution in [2.24, 2.45) is 10.8 Å². The van der Waals surface area contributed by atoms with E-state index in [9.17, 15) is 14.4 Å². The van der Waals surface area contributed by atoms with E-state index in [0.717, 1.165) is 25.7 Å². The molecule has 0 bridgehead atoms. The lowest BCUT2D eigenvalue weighted by Gasteiger charge is -2.09. The molecule has 0 aromatic rings. The molecule has 21 heavy (non-hydrogen) atoms. The predicted octanol–water partition coefficient (Wildman–Crippen LogP) is 1.93. The van der Waals surface area contributed by atoms with E-state index in [0.29, 0.717) is 0 Å². The van der Waals surface area contributed by atoms with Crippen LogP contribution in [-0.2, 0) is 23.9 Å². The summed E-state index contributed by atoms with van der Waals surface area (Å²) in [5, 5.41) is 8.31. The first-order chi connectivity index (χ1) is 9.64. The van der Waals surface area contributed by atoms with E-state index in [-0.39, 0.29) is 29.0 Å². The zero-order chi connectivity index (χ0) is 16.3. The average molecular weight is 298 g/mol. The number of carbonyl (C=O) groups excluding carboxylic acids is 2. The van der Waals surface area contributed by atoms with Crippen LogP contribution in [0.1, 0.15) is 39.5 Å². The number of carboxylic acids is 1. The van der Waals surface area contributed by atoms with Crippen molar-refractivity contribution in [3.05, 3.63) is 12.2 Å². The summed E-state index contributed by atoms with van der Waals surface area (Å²) in [6, 6.07) is 0. The van der Waals surface area contributed by atoms with Gasteiger partial charge in [0.1, 0.15) is 6.61 Å². The summed E-state index contributed by atoms with van der Waals surface area (Å²) in [4.78, 5) is 32.3. The highest BCUT2D eigenvalue weighted by Crippen LogP contribution is 2.46. The minimum absolute atomic E-state index is 0.0822. The number of hydrogen-bond donors (Lipinski definition) is 1. The van der Waals surface area contributed by atoms with E-state index < -0.39 is 11.9 Å². The van der Waals surface area contributed by atoms with Crippen LogP contribution in [0.3, 0.4) is 0 Å². The average Bonchev–Trinajstić information content (AvgIpc) is 3.35. The fourth-order valence-electron chi connectivity index (χ4n) is 1.32. The summed E-state index contributed by atoms with van der Waals surface area (Å²) < 4.78 is 9.33. The molecule has 0 atom stereocenters. The second-order valence-corrected chi connectivity index (χ2v) is 6.10. The van der Waals surface area contributed by atoms with Crippen molar-refractivity contribution in [3.63, 3.8) is 0 Å². The van der Waals surface area contributed by atoms with Crippen molar-refractivity contribution in [1.82, 2.24) is 0 Å². The topological polar surface area (TPSA) is 89.9 Å². The Kier molecular flexibility index (Phi) is 5.15. The van der Waals surface area contributed by atoms with Gasteiger partial charge in [0, 0.05) is 0 Å². The molecule has 0 aromatic carbocycles. The fraction of sp³-hybridized carbons (Fsp3) is 0.667. The summed E-state index contributed by atoms with van der Waals surface area (Å²) >= 11 is 0. The summed E-state index contributed by atoms with van der Waals surface area (Å²) in [5.41, 5.74) is -0.499. The molecule has 0 amide bonds. The number of aliphatic carboxylic acids is 1. The number of hydrogen-bond acceptors (Lipinski definition) is 5. The summed E-state index contributed by atoms with van der Waals surface area (Å²) in [6.07, 6.45) is 3.44. The Hall–Kier alpha value is -1.85. The van der Waals surface area contributed by atoms with E-state index in [2.05, 4.69) is 11.3 Å². The zero-order valence-corrected chi connectivity index (χ0v) is 12.7. The lowest BCUT2D eigenvalue weighted by atomic mass is 10.1. The van der Waals surface area contributed by atoms with Gasteiger partial charge in [0.25, 0.3) is 0 Å². The Morgan fingerprint density at radius 3 is 1.86 bits per heavy atom. The molecule has 0 radical (unpaired) electrons. The number of methoxy groups -OCH3 is 1. The predicted molar refractivity (Wildman–Crippen MR) is 74.4 cm³/mol. The molecule has 0 unspecified atom stereocenters. The Morgan fingerprint density at radius 1 is 1.10 bits per heavy atom. The zero-order valence-electron chi connectivity index (χ0n) is 12.7. The van der Waals surface area contributed by atoms with Crippen LogP contribution in [-0.4, -0.2) is 36.7 Å². The minimum Gasteiger partial charge on any atom is -0.481 e. The van der Waals surface area contributed by atoms with Crippen LogP contribution < -0.4 is 0 Å². The third-order valence-electron chi connectivity index (χ3n) is 3.86. The van der Waals surface area contributed by atoms with Crippen molar-refractivity contribution in [1.29, 1.82) is 0 Å². The van der Waals surface area contributed by atoms with E-state index in [1.165, 1.54) is 7.11 Å². The molecule has 0 spiro atoms. The maximum Gasteiger partial charge on any atom is 0.336 e. The molecular formula is C15H22O6. The van der Waals surface area contributed by atoms with Crippen LogP contribution in [0.4, 0.5) is 0 Å². The molecule has 2 fully saturated rings. The molecule has 0 aromatic heterocycles. The normalized spacial score (nSPS) is 19.4.